The molecule has 3 N–H and O–H groups in total. The predicted molar refractivity (Wildman–Crippen MR) is 147 cm³/mol. The number of halogens is 3. The Morgan fingerprint density at radius 2 is 1.80 bits per heavy atom. The van der Waals surface area contributed by atoms with E-state index in [0.717, 1.165) is 46.4 Å². The van der Waals surface area contributed by atoms with Gasteiger partial charge >= 0.3 is 12.1 Å². The number of H-pyrrole nitrogens is 1. The first-order chi connectivity index (χ1) is 19.0. The Hall–Kier alpha value is -4.44. The number of alkyl halides is 3. The molecule has 0 radical (unpaired) electrons. The van der Waals surface area contributed by atoms with E-state index in [1.54, 1.807) is 0 Å². The highest BCUT2D eigenvalue weighted by molar-refractivity contribution is 6.09. The molecule has 2 unspecified atom stereocenters. The number of aliphatic carboxylic acids is 1. The smallest absolute Gasteiger partial charge is 0.475 e. The summed E-state index contributed by atoms with van der Waals surface area (Å²) in [6.07, 6.45) is -0.0799. The molecular formula is C30H27F3N4O3. The van der Waals surface area contributed by atoms with Gasteiger partial charge in [-0.15, -0.1) is 0 Å². The molecule has 0 bridgehead atoms. The van der Waals surface area contributed by atoms with Gasteiger partial charge in [-0.2, -0.15) is 18.3 Å². The van der Waals surface area contributed by atoms with Gasteiger partial charge in [0, 0.05) is 23.5 Å². The van der Waals surface area contributed by atoms with E-state index >= 15 is 0 Å². The summed E-state index contributed by atoms with van der Waals surface area (Å²) in [6.45, 7) is 0.936. The quantitative estimate of drug-likeness (QED) is 0.293. The summed E-state index contributed by atoms with van der Waals surface area (Å²) in [7, 11) is 4.15. The van der Waals surface area contributed by atoms with Crippen LogP contribution in [0.3, 0.4) is 0 Å². The predicted octanol–water partition coefficient (Wildman–Crippen LogP) is 5.81. The number of carbonyl (C=O) groups excluding carboxylic acids is 1. The number of carboxylic acids is 1. The first-order valence-electron chi connectivity index (χ1n) is 12.6. The third kappa shape index (κ3) is 5.22. The van der Waals surface area contributed by atoms with Crippen molar-refractivity contribution >= 4 is 40.6 Å². The first-order valence-corrected chi connectivity index (χ1v) is 12.6. The minimum atomic E-state index is -5.08. The van der Waals surface area contributed by atoms with Gasteiger partial charge in [0.25, 0.3) is 0 Å². The van der Waals surface area contributed by atoms with Crippen LogP contribution in [0.2, 0.25) is 0 Å². The second kappa shape index (κ2) is 10.3. The largest absolute Gasteiger partial charge is 0.490 e. The maximum absolute atomic E-state index is 12.8. The van der Waals surface area contributed by atoms with Crippen LogP contribution in [0.5, 0.6) is 0 Å². The van der Waals surface area contributed by atoms with Crippen molar-refractivity contribution in [3.63, 3.8) is 0 Å². The average Bonchev–Trinajstić information content (AvgIpc) is 3.44. The van der Waals surface area contributed by atoms with Gasteiger partial charge in [-0.1, -0.05) is 60.7 Å². The molecule has 2 atom stereocenters. The Labute approximate surface area is 228 Å². The summed E-state index contributed by atoms with van der Waals surface area (Å²) in [6, 6.07) is 23.1. The van der Waals surface area contributed by atoms with Crippen molar-refractivity contribution in [2.24, 2.45) is 0 Å². The van der Waals surface area contributed by atoms with E-state index in [-0.39, 0.29) is 11.8 Å². The lowest BCUT2D eigenvalue weighted by Gasteiger charge is -2.09. The molecular weight excluding hydrogens is 521 g/mol. The molecule has 4 aromatic rings. The lowest BCUT2D eigenvalue weighted by atomic mass is 9.92. The topological polar surface area (TPSA) is 98.3 Å². The van der Waals surface area contributed by atoms with E-state index in [2.05, 4.69) is 95.2 Å². The van der Waals surface area contributed by atoms with Crippen molar-refractivity contribution in [3.8, 4) is 0 Å². The molecule has 2 aliphatic rings. The number of aromatic amines is 1. The highest BCUT2D eigenvalue weighted by Gasteiger charge is 2.65. The number of carboxylic acid groups (broad SMARTS) is 1. The number of nitrogens with one attached hydrogen (secondary N) is 2. The molecule has 1 fully saturated rings. The second-order valence-electron chi connectivity index (χ2n) is 10.3. The first kappa shape index (κ1) is 27.1. The molecule has 1 spiro atoms. The highest BCUT2D eigenvalue weighted by Crippen LogP contribution is 2.64. The fourth-order valence-electron chi connectivity index (χ4n) is 5.23. The summed E-state index contributed by atoms with van der Waals surface area (Å²) in [4.78, 5) is 23.9. The molecule has 2 heterocycles. The van der Waals surface area contributed by atoms with E-state index in [1.807, 2.05) is 18.2 Å². The number of anilines is 1. The molecule has 1 amide bonds. The Morgan fingerprint density at radius 3 is 2.48 bits per heavy atom. The fourth-order valence-corrected chi connectivity index (χ4v) is 5.23. The number of aromatic nitrogens is 2. The van der Waals surface area contributed by atoms with Gasteiger partial charge in [0.2, 0.25) is 5.91 Å². The molecule has 6 rings (SSSR count). The standard InChI is InChI=1S/C28H26N4O.C2HF3O2/c1-32(2)17-19-9-7-18(8-10-19)11-14-24-21-13-12-20(15-26(21)31-30-24)23-16-28(23)22-5-3-4-6-25(22)29-27(28)33;3-2(4,5)1(6)7/h3-15,23H,16-17H2,1-2H3,(H,29,33)(H,30,31);(H,6,7)/b14-11+;. The van der Waals surface area contributed by atoms with Crippen molar-refractivity contribution in [2.45, 2.75) is 30.5 Å². The molecule has 40 heavy (non-hydrogen) atoms. The van der Waals surface area contributed by atoms with E-state index in [1.165, 1.54) is 11.1 Å². The van der Waals surface area contributed by atoms with Crippen LogP contribution < -0.4 is 5.32 Å². The van der Waals surface area contributed by atoms with Crippen molar-refractivity contribution in [1.29, 1.82) is 0 Å². The number of amides is 1. The van der Waals surface area contributed by atoms with E-state index < -0.39 is 17.6 Å². The molecule has 10 heteroatoms. The summed E-state index contributed by atoms with van der Waals surface area (Å²) in [5.41, 5.74) is 7.23. The maximum atomic E-state index is 12.8. The van der Waals surface area contributed by atoms with Crippen molar-refractivity contribution in [2.75, 3.05) is 19.4 Å². The van der Waals surface area contributed by atoms with Crippen LogP contribution in [0.4, 0.5) is 18.9 Å². The number of benzene rings is 3. The van der Waals surface area contributed by atoms with E-state index in [0.29, 0.717) is 0 Å². The number of para-hydroxylation sites is 1. The number of carbonyl (C=O) groups is 2. The third-order valence-electron chi connectivity index (χ3n) is 7.20. The molecule has 1 aliphatic heterocycles. The number of rotatable bonds is 5. The summed E-state index contributed by atoms with van der Waals surface area (Å²) in [5, 5.41) is 19.0. The SMILES string of the molecule is CN(C)Cc1ccc(/C=C/c2n[nH]c3cc(C4CC45C(=O)Nc4ccccc45)ccc23)cc1.O=C(O)C(F)(F)F. The molecule has 7 nitrogen and oxygen atoms in total. The maximum Gasteiger partial charge on any atom is 0.490 e. The van der Waals surface area contributed by atoms with Gasteiger partial charge in [0.15, 0.2) is 0 Å². The molecule has 1 aromatic heterocycles. The summed E-state index contributed by atoms with van der Waals surface area (Å²) < 4.78 is 31.7. The fraction of sp³-hybridized carbons (Fsp3) is 0.233. The van der Waals surface area contributed by atoms with Crippen LogP contribution >= 0.6 is 0 Å². The Morgan fingerprint density at radius 1 is 1.10 bits per heavy atom. The van der Waals surface area contributed by atoms with E-state index in [4.69, 9.17) is 9.90 Å². The summed E-state index contributed by atoms with van der Waals surface area (Å²) >= 11 is 0. The van der Waals surface area contributed by atoms with Gasteiger partial charge in [0.1, 0.15) is 0 Å². The second-order valence-corrected chi connectivity index (χ2v) is 10.3. The van der Waals surface area contributed by atoms with Gasteiger partial charge in [-0.05, 0) is 61.0 Å². The number of fused-ring (bicyclic) bond motifs is 3. The van der Waals surface area contributed by atoms with Crippen LogP contribution in [0.25, 0.3) is 23.1 Å². The summed E-state index contributed by atoms with van der Waals surface area (Å²) in [5.74, 6) is -2.43. The van der Waals surface area contributed by atoms with Crippen LogP contribution in [0, 0.1) is 0 Å². The third-order valence-corrected chi connectivity index (χ3v) is 7.20. The van der Waals surface area contributed by atoms with Crippen LogP contribution in [0.1, 0.15) is 40.3 Å². The Kier molecular flexibility index (Phi) is 6.97. The van der Waals surface area contributed by atoms with E-state index in [9.17, 15) is 18.0 Å². The molecule has 1 saturated carbocycles. The zero-order valence-electron chi connectivity index (χ0n) is 21.8. The van der Waals surface area contributed by atoms with Gasteiger partial charge in [0.05, 0.1) is 16.6 Å². The Bertz CT molecular complexity index is 1610. The lowest BCUT2D eigenvalue weighted by molar-refractivity contribution is -0.192. The van der Waals surface area contributed by atoms with Crippen LogP contribution in [0.15, 0.2) is 66.7 Å². The zero-order chi connectivity index (χ0) is 28.7. The van der Waals surface area contributed by atoms with Gasteiger partial charge < -0.3 is 15.3 Å². The molecule has 1 aliphatic carbocycles. The number of hydrogen-bond donors (Lipinski definition) is 3. The van der Waals surface area contributed by atoms with Crippen molar-refractivity contribution < 1.29 is 27.9 Å². The highest BCUT2D eigenvalue weighted by atomic mass is 19.4. The zero-order valence-corrected chi connectivity index (χ0v) is 21.8. The lowest BCUT2D eigenvalue weighted by Crippen LogP contribution is -2.21. The van der Waals surface area contributed by atoms with Gasteiger partial charge in [-0.25, -0.2) is 4.79 Å². The van der Waals surface area contributed by atoms with Gasteiger partial charge in [-0.3, -0.25) is 9.89 Å². The molecule has 206 valence electrons. The molecule has 3 aromatic carbocycles. The monoisotopic (exact) mass is 548 g/mol. The van der Waals surface area contributed by atoms with Crippen LogP contribution in [-0.2, 0) is 21.5 Å². The van der Waals surface area contributed by atoms with Crippen molar-refractivity contribution in [1.82, 2.24) is 15.1 Å². The van der Waals surface area contributed by atoms with Crippen LogP contribution in [-0.4, -0.2) is 52.4 Å². The average molecular weight is 549 g/mol. The van der Waals surface area contributed by atoms with Crippen molar-refractivity contribution in [3.05, 3.63) is 94.7 Å². The minimum absolute atomic E-state index is 0.124. The minimum Gasteiger partial charge on any atom is -0.475 e. The number of hydrogen-bond acceptors (Lipinski definition) is 4. The normalized spacial score (nSPS) is 19.6. The number of nitrogens with zero attached hydrogens (tertiary/aromatic N) is 2. The Balaban J connectivity index is 0.000000411. The molecule has 0 saturated heterocycles.